The first-order valence-electron chi connectivity index (χ1n) is 8.93. The first kappa shape index (κ1) is 18.2. The molecule has 3 rings (SSSR count). The molecule has 0 unspecified atom stereocenters. The molecule has 0 bridgehead atoms. The lowest BCUT2D eigenvalue weighted by Gasteiger charge is -2.36. The zero-order chi connectivity index (χ0) is 18.7. The van der Waals surface area contributed by atoms with Gasteiger partial charge >= 0.3 is 0 Å². The van der Waals surface area contributed by atoms with E-state index in [1.807, 2.05) is 24.8 Å². The van der Waals surface area contributed by atoms with Gasteiger partial charge in [0.1, 0.15) is 11.6 Å². The minimum atomic E-state index is -0.235. The van der Waals surface area contributed by atoms with Crippen molar-refractivity contribution in [3.05, 3.63) is 58.9 Å². The van der Waals surface area contributed by atoms with E-state index in [4.69, 9.17) is 4.74 Å². The predicted molar refractivity (Wildman–Crippen MR) is 101 cm³/mol. The monoisotopic (exact) mass is 356 g/mol. The number of benzene rings is 2. The SMILES string of the molecule is Cc1cc(C)c(OCC(=O)N2CCN(c3ccc(F)cc3)CC2)cc1C. The van der Waals surface area contributed by atoms with Crippen LogP contribution in [0.25, 0.3) is 0 Å². The number of rotatable bonds is 4. The summed E-state index contributed by atoms with van der Waals surface area (Å²) in [7, 11) is 0. The van der Waals surface area contributed by atoms with Crippen LogP contribution in [0.4, 0.5) is 10.1 Å². The van der Waals surface area contributed by atoms with E-state index in [0.29, 0.717) is 13.1 Å². The molecule has 0 atom stereocenters. The van der Waals surface area contributed by atoms with Gasteiger partial charge in [0.2, 0.25) is 0 Å². The zero-order valence-corrected chi connectivity index (χ0v) is 15.6. The summed E-state index contributed by atoms with van der Waals surface area (Å²) >= 11 is 0. The highest BCUT2D eigenvalue weighted by molar-refractivity contribution is 5.78. The number of anilines is 1. The van der Waals surface area contributed by atoms with Crippen molar-refractivity contribution in [2.24, 2.45) is 0 Å². The summed E-state index contributed by atoms with van der Waals surface area (Å²) in [5.74, 6) is 0.536. The Hall–Kier alpha value is -2.56. The van der Waals surface area contributed by atoms with Crippen molar-refractivity contribution in [2.75, 3.05) is 37.7 Å². The van der Waals surface area contributed by atoms with Gasteiger partial charge in [-0.1, -0.05) is 6.07 Å². The van der Waals surface area contributed by atoms with Gasteiger partial charge in [-0.05, 0) is 67.8 Å². The largest absolute Gasteiger partial charge is 0.483 e. The molecule has 138 valence electrons. The van der Waals surface area contributed by atoms with Crippen molar-refractivity contribution in [3.63, 3.8) is 0 Å². The molecule has 0 radical (unpaired) electrons. The molecule has 1 fully saturated rings. The number of hydrogen-bond donors (Lipinski definition) is 0. The number of ether oxygens (including phenoxy) is 1. The van der Waals surface area contributed by atoms with Crippen LogP contribution >= 0.6 is 0 Å². The first-order valence-corrected chi connectivity index (χ1v) is 8.93. The number of carbonyl (C=O) groups excluding carboxylic acids is 1. The maximum absolute atomic E-state index is 13.0. The Balaban J connectivity index is 1.52. The lowest BCUT2D eigenvalue weighted by Crippen LogP contribution is -2.50. The zero-order valence-electron chi connectivity index (χ0n) is 15.6. The normalized spacial score (nSPS) is 14.5. The Labute approximate surface area is 154 Å². The van der Waals surface area contributed by atoms with E-state index in [1.165, 1.54) is 17.7 Å². The van der Waals surface area contributed by atoms with Gasteiger partial charge in [-0.15, -0.1) is 0 Å². The molecule has 0 spiro atoms. The van der Waals surface area contributed by atoms with Crippen LogP contribution in [0.5, 0.6) is 5.75 Å². The third-order valence-corrected chi connectivity index (χ3v) is 4.97. The van der Waals surface area contributed by atoms with Crippen molar-refractivity contribution in [2.45, 2.75) is 20.8 Å². The predicted octanol–water partition coefficient (Wildman–Crippen LogP) is 3.48. The standard InChI is InChI=1S/C21H25FN2O2/c1-15-12-17(3)20(13-16(15)2)26-14-21(25)24-10-8-23(9-11-24)19-6-4-18(22)5-7-19/h4-7,12-13H,8-11,14H2,1-3H3. The third kappa shape index (κ3) is 4.15. The van der Waals surface area contributed by atoms with E-state index in [1.54, 1.807) is 12.1 Å². The fraction of sp³-hybridized carbons (Fsp3) is 0.381. The van der Waals surface area contributed by atoms with Gasteiger partial charge in [0.25, 0.3) is 5.91 Å². The Morgan fingerprint density at radius 3 is 2.23 bits per heavy atom. The van der Waals surface area contributed by atoms with E-state index < -0.39 is 0 Å². The van der Waals surface area contributed by atoms with Gasteiger partial charge < -0.3 is 14.5 Å². The summed E-state index contributed by atoms with van der Waals surface area (Å²) in [6.07, 6.45) is 0. The van der Waals surface area contributed by atoms with E-state index >= 15 is 0 Å². The molecule has 1 saturated heterocycles. The Morgan fingerprint density at radius 2 is 1.58 bits per heavy atom. The lowest BCUT2D eigenvalue weighted by atomic mass is 10.1. The highest BCUT2D eigenvalue weighted by atomic mass is 19.1. The molecule has 2 aromatic carbocycles. The number of piperazine rings is 1. The third-order valence-electron chi connectivity index (χ3n) is 4.97. The molecule has 4 nitrogen and oxygen atoms in total. The highest BCUT2D eigenvalue weighted by Gasteiger charge is 2.21. The number of halogens is 1. The van der Waals surface area contributed by atoms with Crippen molar-refractivity contribution < 1.29 is 13.9 Å². The minimum Gasteiger partial charge on any atom is -0.483 e. The van der Waals surface area contributed by atoms with Crippen LogP contribution in [-0.4, -0.2) is 43.6 Å². The Kier molecular flexibility index (Phi) is 5.45. The maximum Gasteiger partial charge on any atom is 0.260 e. The molecule has 0 aliphatic carbocycles. The molecule has 1 aliphatic rings. The number of carbonyl (C=O) groups is 1. The van der Waals surface area contributed by atoms with Crippen molar-refractivity contribution >= 4 is 11.6 Å². The number of hydrogen-bond acceptors (Lipinski definition) is 3. The summed E-state index contributed by atoms with van der Waals surface area (Å²) in [6, 6.07) is 10.6. The van der Waals surface area contributed by atoms with Crippen LogP contribution in [0.1, 0.15) is 16.7 Å². The van der Waals surface area contributed by atoms with E-state index in [9.17, 15) is 9.18 Å². The minimum absolute atomic E-state index is 0.00128. The molecule has 0 N–H and O–H groups in total. The van der Waals surface area contributed by atoms with Crippen molar-refractivity contribution in [3.8, 4) is 5.75 Å². The molecule has 26 heavy (non-hydrogen) atoms. The van der Waals surface area contributed by atoms with Crippen LogP contribution < -0.4 is 9.64 Å². The molecule has 1 heterocycles. The highest BCUT2D eigenvalue weighted by Crippen LogP contribution is 2.22. The first-order chi connectivity index (χ1) is 12.4. The number of aryl methyl sites for hydroxylation is 3. The molecule has 0 saturated carbocycles. The van der Waals surface area contributed by atoms with E-state index in [2.05, 4.69) is 17.9 Å². The fourth-order valence-corrected chi connectivity index (χ4v) is 3.19. The molecular weight excluding hydrogens is 331 g/mol. The fourth-order valence-electron chi connectivity index (χ4n) is 3.19. The van der Waals surface area contributed by atoms with Crippen LogP contribution in [0.3, 0.4) is 0 Å². The quantitative estimate of drug-likeness (QED) is 0.841. The van der Waals surface area contributed by atoms with Gasteiger partial charge in [0.15, 0.2) is 6.61 Å². The average molecular weight is 356 g/mol. The second kappa shape index (κ2) is 7.77. The van der Waals surface area contributed by atoms with Gasteiger partial charge in [-0.2, -0.15) is 0 Å². The van der Waals surface area contributed by atoms with Gasteiger partial charge in [0.05, 0.1) is 0 Å². The van der Waals surface area contributed by atoms with Gasteiger partial charge in [-0.3, -0.25) is 4.79 Å². The summed E-state index contributed by atoms with van der Waals surface area (Å²) in [5.41, 5.74) is 4.41. The molecule has 0 aromatic heterocycles. The van der Waals surface area contributed by atoms with Crippen molar-refractivity contribution in [1.29, 1.82) is 0 Å². The maximum atomic E-state index is 13.0. The molecule has 5 heteroatoms. The van der Waals surface area contributed by atoms with E-state index in [-0.39, 0.29) is 18.3 Å². The summed E-state index contributed by atoms with van der Waals surface area (Å²) in [6.45, 7) is 8.92. The van der Waals surface area contributed by atoms with Crippen LogP contribution in [0.2, 0.25) is 0 Å². The van der Waals surface area contributed by atoms with Crippen molar-refractivity contribution in [1.82, 2.24) is 4.90 Å². The van der Waals surface area contributed by atoms with Crippen LogP contribution in [-0.2, 0) is 4.79 Å². The molecule has 1 aliphatic heterocycles. The molecular formula is C21H25FN2O2. The molecule has 1 amide bonds. The topological polar surface area (TPSA) is 32.8 Å². The number of nitrogens with zero attached hydrogens (tertiary/aromatic N) is 2. The van der Waals surface area contributed by atoms with Crippen LogP contribution in [0, 0.1) is 26.6 Å². The summed E-state index contributed by atoms with van der Waals surface area (Å²) in [4.78, 5) is 16.4. The van der Waals surface area contributed by atoms with Crippen LogP contribution in [0.15, 0.2) is 36.4 Å². The Morgan fingerprint density at radius 1 is 0.962 bits per heavy atom. The second-order valence-electron chi connectivity index (χ2n) is 6.83. The van der Waals surface area contributed by atoms with Gasteiger partial charge in [0, 0.05) is 31.9 Å². The average Bonchev–Trinajstić information content (AvgIpc) is 2.64. The molecule has 2 aromatic rings. The van der Waals surface area contributed by atoms with Gasteiger partial charge in [-0.25, -0.2) is 4.39 Å². The summed E-state index contributed by atoms with van der Waals surface area (Å²) in [5, 5.41) is 0. The Bertz CT molecular complexity index is 781. The number of amides is 1. The lowest BCUT2D eigenvalue weighted by molar-refractivity contribution is -0.133. The summed E-state index contributed by atoms with van der Waals surface area (Å²) < 4.78 is 18.8. The van der Waals surface area contributed by atoms with E-state index in [0.717, 1.165) is 35.7 Å². The second-order valence-corrected chi connectivity index (χ2v) is 6.83. The smallest absolute Gasteiger partial charge is 0.260 e.